The van der Waals surface area contributed by atoms with Crippen molar-refractivity contribution in [2.24, 2.45) is 16.3 Å². The van der Waals surface area contributed by atoms with Gasteiger partial charge in [0.15, 0.2) is 0 Å². The predicted octanol–water partition coefficient (Wildman–Crippen LogP) is 3.65. The van der Waals surface area contributed by atoms with Gasteiger partial charge in [0.25, 0.3) is 0 Å². The number of rotatable bonds is 7. The second-order valence-electron chi connectivity index (χ2n) is 5.67. The van der Waals surface area contributed by atoms with Crippen molar-refractivity contribution in [3.63, 3.8) is 0 Å². The van der Waals surface area contributed by atoms with Gasteiger partial charge in [0.2, 0.25) is 0 Å². The number of amidine groups is 1. The molecule has 1 aromatic rings. The molecule has 0 aliphatic heterocycles. The lowest BCUT2D eigenvalue weighted by molar-refractivity contribution is 0.304. The summed E-state index contributed by atoms with van der Waals surface area (Å²) < 4.78 is 1.12. The Bertz CT molecular complexity index is 460. The highest BCUT2D eigenvalue weighted by Gasteiger charge is 2.22. The van der Waals surface area contributed by atoms with Crippen molar-refractivity contribution in [3.05, 3.63) is 34.3 Å². The van der Waals surface area contributed by atoms with Crippen LogP contribution >= 0.6 is 15.9 Å². The first-order valence-electron chi connectivity index (χ1n) is 6.84. The number of halogens is 1. The maximum atomic E-state index is 8.74. The van der Waals surface area contributed by atoms with Gasteiger partial charge in [-0.15, -0.1) is 0 Å². The van der Waals surface area contributed by atoms with E-state index in [0.717, 1.165) is 23.9 Å². The Kier molecular flexibility index (Phi) is 6.49. The summed E-state index contributed by atoms with van der Waals surface area (Å²) in [5.41, 5.74) is 6.66. The first-order valence-corrected chi connectivity index (χ1v) is 7.63. The second-order valence-corrected chi connectivity index (χ2v) is 6.52. The van der Waals surface area contributed by atoms with E-state index in [4.69, 9.17) is 10.9 Å². The third-order valence-corrected chi connectivity index (χ3v) is 4.32. The Hall–Kier alpha value is -1.07. The number of nitrogens with zero attached hydrogens (tertiary/aromatic N) is 1. The Morgan fingerprint density at radius 1 is 1.45 bits per heavy atom. The third kappa shape index (κ3) is 4.80. The molecule has 4 nitrogen and oxygen atoms in total. The average molecular weight is 342 g/mol. The van der Waals surface area contributed by atoms with Crippen molar-refractivity contribution in [3.8, 4) is 0 Å². The van der Waals surface area contributed by atoms with E-state index in [1.165, 1.54) is 5.56 Å². The van der Waals surface area contributed by atoms with E-state index in [9.17, 15) is 0 Å². The average Bonchev–Trinajstić information content (AvgIpc) is 2.42. The van der Waals surface area contributed by atoms with Crippen molar-refractivity contribution >= 4 is 21.8 Å². The molecule has 1 atom stereocenters. The maximum Gasteiger partial charge on any atom is 0.144 e. The molecular weight excluding hydrogens is 318 g/mol. The summed E-state index contributed by atoms with van der Waals surface area (Å²) in [7, 11) is 0. The summed E-state index contributed by atoms with van der Waals surface area (Å²) in [5, 5.41) is 15.3. The van der Waals surface area contributed by atoms with Crippen LogP contribution in [0.25, 0.3) is 0 Å². The van der Waals surface area contributed by atoms with Gasteiger partial charge in [-0.2, -0.15) is 0 Å². The molecule has 112 valence electrons. The molecule has 5 heteroatoms. The van der Waals surface area contributed by atoms with E-state index in [-0.39, 0.29) is 17.3 Å². The minimum atomic E-state index is -0.271. The smallest absolute Gasteiger partial charge is 0.144 e. The largest absolute Gasteiger partial charge is 0.409 e. The van der Waals surface area contributed by atoms with Crippen LogP contribution in [-0.2, 0) is 0 Å². The molecule has 0 amide bonds. The molecule has 0 saturated heterocycles. The fraction of sp³-hybridized carbons (Fsp3) is 0.533. The molecule has 0 heterocycles. The Labute approximate surface area is 129 Å². The first-order chi connectivity index (χ1) is 9.38. The summed E-state index contributed by atoms with van der Waals surface area (Å²) in [6, 6.07) is 8.51. The lowest BCUT2D eigenvalue weighted by Crippen LogP contribution is -2.33. The number of hydrogen-bond acceptors (Lipinski definition) is 3. The molecule has 0 bridgehead atoms. The molecule has 0 saturated carbocycles. The lowest BCUT2D eigenvalue weighted by Gasteiger charge is -2.23. The second kappa shape index (κ2) is 7.64. The molecular formula is C15H24BrN3O. The quantitative estimate of drug-likeness (QED) is 0.233. The zero-order valence-electron chi connectivity index (χ0n) is 12.4. The van der Waals surface area contributed by atoms with Crippen molar-refractivity contribution in [2.75, 3.05) is 6.54 Å². The normalized spacial score (nSPS) is 14.3. The van der Waals surface area contributed by atoms with E-state index >= 15 is 0 Å². The van der Waals surface area contributed by atoms with Crippen LogP contribution in [0.1, 0.15) is 45.2 Å². The van der Waals surface area contributed by atoms with Crippen molar-refractivity contribution in [2.45, 2.75) is 39.7 Å². The predicted molar refractivity (Wildman–Crippen MR) is 87.0 cm³/mol. The third-order valence-electron chi connectivity index (χ3n) is 3.60. The Morgan fingerprint density at radius 2 is 2.10 bits per heavy atom. The molecule has 0 fully saturated rings. The molecule has 20 heavy (non-hydrogen) atoms. The molecule has 0 unspecified atom stereocenters. The van der Waals surface area contributed by atoms with E-state index in [2.05, 4.69) is 45.5 Å². The van der Waals surface area contributed by atoms with Gasteiger partial charge in [-0.05, 0) is 37.9 Å². The fourth-order valence-corrected chi connectivity index (χ4v) is 2.68. The number of nitrogens with one attached hydrogen (secondary N) is 1. The van der Waals surface area contributed by atoms with Crippen LogP contribution in [0.2, 0.25) is 0 Å². The fourth-order valence-electron chi connectivity index (χ4n) is 2.05. The zero-order chi connectivity index (χ0) is 15.2. The van der Waals surface area contributed by atoms with E-state index in [0.29, 0.717) is 0 Å². The molecule has 0 spiro atoms. The topological polar surface area (TPSA) is 70.6 Å². The molecule has 0 aliphatic rings. The van der Waals surface area contributed by atoms with Crippen molar-refractivity contribution in [1.82, 2.24) is 5.32 Å². The summed E-state index contributed by atoms with van der Waals surface area (Å²) in [5.74, 6) is 0.288. The molecule has 0 aliphatic carbocycles. The maximum absolute atomic E-state index is 8.74. The van der Waals surface area contributed by atoms with Crippen LogP contribution in [0.3, 0.4) is 0 Å². The lowest BCUT2D eigenvalue weighted by atomic mass is 9.86. The first kappa shape index (κ1) is 17.0. The molecule has 4 N–H and O–H groups in total. The summed E-state index contributed by atoms with van der Waals surface area (Å²) >= 11 is 3.57. The highest BCUT2D eigenvalue weighted by atomic mass is 79.9. The van der Waals surface area contributed by atoms with Crippen LogP contribution in [0.15, 0.2) is 33.9 Å². The molecule has 1 aromatic carbocycles. The van der Waals surface area contributed by atoms with Gasteiger partial charge in [0.1, 0.15) is 5.84 Å². The highest BCUT2D eigenvalue weighted by Crippen LogP contribution is 2.24. The van der Waals surface area contributed by atoms with Gasteiger partial charge in [-0.1, -0.05) is 53.1 Å². The van der Waals surface area contributed by atoms with Gasteiger partial charge in [0, 0.05) is 15.9 Å². The van der Waals surface area contributed by atoms with Crippen LogP contribution in [0.4, 0.5) is 0 Å². The van der Waals surface area contributed by atoms with E-state index in [1.54, 1.807) is 0 Å². The van der Waals surface area contributed by atoms with Gasteiger partial charge in [-0.25, -0.2) is 0 Å². The van der Waals surface area contributed by atoms with Gasteiger partial charge >= 0.3 is 0 Å². The van der Waals surface area contributed by atoms with Crippen molar-refractivity contribution < 1.29 is 5.21 Å². The summed E-state index contributed by atoms with van der Waals surface area (Å²) in [4.78, 5) is 0. The zero-order valence-corrected chi connectivity index (χ0v) is 13.9. The minimum Gasteiger partial charge on any atom is -0.409 e. The molecule has 0 radical (unpaired) electrons. The van der Waals surface area contributed by atoms with E-state index < -0.39 is 0 Å². The number of oxime groups is 1. The Balaban J connectivity index is 2.40. The van der Waals surface area contributed by atoms with Crippen molar-refractivity contribution in [1.29, 1.82) is 0 Å². The van der Waals surface area contributed by atoms with E-state index in [1.807, 2.05) is 26.0 Å². The van der Waals surface area contributed by atoms with Crippen LogP contribution in [0, 0.1) is 5.41 Å². The summed E-state index contributed by atoms with van der Waals surface area (Å²) in [6.07, 6.45) is 1.84. The number of hydrogen-bond donors (Lipinski definition) is 3. The standard InChI is InChI=1S/C15H24BrN3O/c1-11(12-7-4-5-8-13(12)16)18-10-6-9-15(2,3)14(17)19-20/h4-5,7-8,11,18,20H,6,9-10H2,1-3H3,(H2,17,19)/t11-/m0/s1. The monoisotopic (exact) mass is 341 g/mol. The minimum absolute atomic E-state index is 0.271. The van der Waals surface area contributed by atoms with Gasteiger partial charge in [-0.3, -0.25) is 0 Å². The van der Waals surface area contributed by atoms with Crippen LogP contribution < -0.4 is 11.1 Å². The SMILES string of the molecule is C[C@H](NCCCC(C)(C)/C(N)=N/O)c1ccccc1Br. The highest BCUT2D eigenvalue weighted by molar-refractivity contribution is 9.10. The molecule has 0 aromatic heterocycles. The number of benzene rings is 1. The van der Waals surface area contributed by atoms with Crippen LogP contribution in [-0.4, -0.2) is 17.6 Å². The van der Waals surface area contributed by atoms with Gasteiger partial charge < -0.3 is 16.3 Å². The summed E-state index contributed by atoms with van der Waals surface area (Å²) in [6.45, 7) is 7.01. The molecule has 1 rings (SSSR count). The Morgan fingerprint density at radius 3 is 2.70 bits per heavy atom. The van der Waals surface area contributed by atoms with Gasteiger partial charge in [0.05, 0.1) is 0 Å². The van der Waals surface area contributed by atoms with Crippen LogP contribution in [0.5, 0.6) is 0 Å². The number of nitrogens with two attached hydrogens (primary N) is 1.